The van der Waals surface area contributed by atoms with Gasteiger partial charge >= 0.3 is 0 Å². The molecule has 1 amide bonds. The van der Waals surface area contributed by atoms with E-state index in [9.17, 15) is 9.90 Å². The number of ether oxygens (including phenoxy) is 1. The Kier molecular flexibility index (Phi) is 5.97. The van der Waals surface area contributed by atoms with Crippen LogP contribution in [0, 0.1) is 17.4 Å². The van der Waals surface area contributed by atoms with Crippen LogP contribution < -0.4 is 10.2 Å². The Morgan fingerprint density at radius 2 is 2.04 bits per heavy atom. The van der Waals surface area contributed by atoms with Crippen molar-refractivity contribution in [3.63, 3.8) is 0 Å². The molecule has 0 radical (unpaired) electrons. The molecule has 0 atom stereocenters. The van der Waals surface area contributed by atoms with E-state index in [1.165, 1.54) is 11.8 Å². The summed E-state index contributed by atoms with van der Waals surface area (Å²) in [5.41, 5.74) is 5.47. The van der Waals surface area contributed by atoms with E-state index < -0.39 is 0 Å². The van der Waals surface area contributed by atoms with Crippen LogP contribution in [0.2, 0.25) is 0 Å². The molecule has 0 heterocycles. The number of hydrogen-bond donors (Lipinski definition) is 2. The minimum Gasteiger partial charge on any atom is -0.507 e. The molecule has 2 aromatic rings. The van der Waals surface area contributed by atoms with Gasteiger partial charge in [0.25, 0.3) is 5.91 Å². The fourth-order valence-corrected chi connectivity index (χ4v) is 2.31. The SMILES string of the molecule is Cc1ccc(OCC(=O)N/N=C/c2ccc(O)c(I)c2)cc1C. The Labute approximate surface area is 148 Å². The van der Waals surface area contributed by atoms with Crippen LogP contribution in [0.25, 0.3) is 0 Å². The fourth-order valence-electron chi connectivity index (χ4n) is 1.77. The minimum atomic E-state index is -0.340. The van der Waals surface area contributed by atoms with Gasteiger partial charge in [-0.25, -0.2) is 5.43 Å². The van der Waals surface area contributed by atoms with Gasteiger partial charge in [0.15, 0.2) is 6.61 Å². The first kappa shape index (κ1) is 17.3. The van der Waals surface area contributed by atoms with E-state index in [1.54, 1.807) is 18.2 Å². The highest BCUT2D eigenvalue weighted by Gasteiger charge is 2.03. The molecule has 0 aliphatic heterocycles. The lowest BCUT2D eigenvalue weighted by molar-refractivity contribution is -0.123. The summed E-state index contributed by atoms with van der Waals surface area (Å²) in [5.74, 6) is 0.529. The van der Waals surface area contributed by atoms with Gasteiger partial charge < -0.3 is 9.84 Å². The van der Waals surface area contributed by atoms with Crippen molar-refractivity contribution in [3.8, 4) is 11.5 Å². The van der Waals surface area contributed by atoms with Crippen molar-refractivity contribution in [2.24, 2.45) is 5.10 Å². The number of amides is 1. The first-order chi connectivity index (χ1) is 11.0. The summed E-state index contributed by atoms with van der Waals surface area (Å²) < 4.78 is 6.14. The molecule has 0 bridgehead atoms. The van der Waals surface area contributed by atoms with Crippen LogP contribution >= 0.6 is 22.6 Å². The van der Waals surface area contributed by atoms with Gasteiger partial charge in [-0.3, -0.25) is 4.79 Å². The number of nitrogens with one attached hydrogen (secondary N) is 1. The van der Waals surface area contributed by atoms with Gasteiger partial charge in [0.2, 0.25) is 0 Å². The summed E-state index contributed by atoms with van der Waals surface area (Å²) in [6.07, 6.45) is 1.51. The maximum atomic E-state index is 11.7. The number of carbonyl (C=O) groups is 1. The third-order valence-electron chi connectivity index (χ3n) is 3.22. The smallest absolute Gasteiger partial charge is 0.277 e. The maximum absolute atomic E-state index is 11.7. The van der Waals surface area contributed by atoms with Crippen molar-refractivity contribution in [1.82, 2.24) is 5.43 Å². The molecule has 0 aliphatic rings. The number of hydrogen-bond acceptors (Lipinski definition) is 4. The number of phenolic OH excluding ortho intramolecular Hbond substituents is 1. The van der Waals surface area contributed by atoms with Gasteiger partial charge in [0.05, 0.1) is 9.78 Å². The molecule has 23 heavy (non-hydrogen) atoms. The number of halogens is 1. The Morgan fingerprint density at radius 3 is 2.74 bits per heavy atom. The minimum absolute atomic E-state index is 0.104. The topological polar surface area (TPSA) is 70.9 Å². The van der Waals surface area contributed by atoms with E-state index in [1.807, 2.05) is 54.6 Å². The average molecular weight is 424 g/mol. The second kappa shape index (κ2) is 7.96. The summed E-state index contributed by atoms with van der Waals surface area (Å²) >= 11 is 2.02. The molecule has 0 saturated heterocycles. The van der Waals surface area contributed by atoms with E-state index in [-0.39, 0.29) is 18.3 Å². The van der Waals surface area contributed by atoms with Gasteiger partial charge in [-0.15, -0.1) is 0 Å². The normalized spacial score (nSPS) is 10.7. The molecule has 2 rings (SSSR count). The Balaban J connectivity index is 1.83. The van der Waals surface area contributed by atoms with Crippen LogP contribution in [0.5, 0.6) is 11.5 Å². The lowest BCUT2D eigenvalue weighted by Crippen LogP contribution is -2.24. The van der Waals surface area contributed by atoms with E-state index in [0.29, 0.717) is 5.75 Å². The fraction of sp³-hybridized carbons (Fsp3) is 0.176. The number of nitrogens with zero attached hydrogens (tertiary/aromatic N) is 1. The molecule has 2 aromatic carbocycles. The molecule has 120 valence electrons. The number of aryl methyl sites for hydroxylation is 2. The lowest BCUT2D eigenvalue weighted by atomic mass is 10.1. The first-order valence-electron chi connectivity index (χ1n) is 6.96. The van der Waals surface area contributed by atoms with Crippen LogP contribution in [0.15, 0.2) is 41.5 Å². The second-order valence-electron chi connectivity index (χ2n) is 5.04. The predicted octanol–water partition coefficient (Wildman–Crippen LogP) is 3.14. The highest BCUT2D eigenvalue weighted by Crippen LogP contribution is 2.19. The molecule has 0 spiro atoms. The summed E-state index contributed by atoms with van der Waals surface area (Å²) in [5, 5.41) is 13.3. The molecule has 0 aromatic heterocycles. The van der Waals surface area contributed by atoms with Crippen molar-refractivity contribution < 1.29 is 14.6 Å². The van der Waals surface area contributed by atoms with Crippen LogP contribution in [-0.2, 0) is 4.79 Å². The average Bonchev–Trinajstić information content (AvgIpc) is 2.52. The van der Waals surface area contributed by atoms with Gasteiger partial charge in [-0.05, 0) is 83.5 Å². The van der Waals surface area contributed by atoms with Gasteiger partial charge in [-0.1, -0.05) is 6.07 Å². The number of aromatic hydroxyl groups is 1. The zero-order chi connectivity index (χ0) is 16.8. The second-order valence-corrected chi connectivity index (χ2v) is 6.20. The van der Waals surface area contributed by atoms with E-state index in [2.05, 4.69) is 10.5 Å². The largest absolute Gasteiger partial charge is 0.507 e. The summed E-state index contributed by atoms with van der Waals surface area (Å²) in [7, 11) is 0. The third kappa shape index (κ3) is 5.24. The van der Waals surface area contributed by atoms with Gasteiger partial charge in [0, 0.05) is 0 Å². The molecule has 5 nitrogen and oxygen atoms in total. The molecule has 0 fully saturated rings. The van der Waals surface area contributed by atoms with E-state index in [0.717, 1.165) is 14.7 Å². The lowest BCUT2D eigenvalue weighted by Gasteiger charge is -2.07. The summed E-state index contributed by atoms with van der Waals surface area (Å²) in [6, 6.07) is 10.7. The van der Waals surface area contributed by atoms with Crippen LogP contribution in [0.4, 0.5) is 0 Å². The zero-order valence-electron chi connectivity index (χ0n) is 12.8. The van der Waals surface area contributed by atoms with Crippen molar-refractivity contribution in [3.05, 3.63) is 56.7 Å². The summed E-state index contributed by atoms with van der Waals surface area (Å²) in [6.45, 7) is 3.91. The highest BCUT2D eigenvalue weighted by molar-refractivity contribution is 14.1. The van der Waals surface area contributed by atoms with Crippen molar-refractivity contribution in [2.75, 3.05) is 6.61 Å². The third-order valence-corrected chi connectivity index (χ3v) is 4.09. The number of hydrazone groups is 1. The monoisotopic (exact) mass is 424 g/mol. The Morgan fingerprint density at radius 1 is 1.26 bits per heavy atom. The van der Waals surface area contributed by atoms with Gasteiger partial charge in [-0.2, -0.15) is 5.10 Å². The molecule has 0 saturated carbocycles. The van der Waals surface area contributed by atoms with Crippen LogP contribution in [0.3, 0.4) is 0 Å². The quantitative estimate of drug-likeness (QED) is 0.440. The molecule has 2 N–H and O–H groups in total. The summed E-state index contributed by atoms with van der Waals surface area (Å²) in [4.78, 5) is 11.7. The van der Waals surface area contributed by atoms with Crippen LogP contribution in [0.1, 0.15) is 16.7 Å². The Hall–Kier alpha value is -2.09. The van der Waals surface area contributed by atoms with Crippen molar-refractivity contribution in [2.45, 2.75) is 13.8 Å². The van der Waals surface area contributed by atoms with Crippen molar-refractivity contribution >= 4 is 34.7 Å². The molecule has 0 aliphatic carbocycles. The standard InChI is InChI=1S/C17H17IN2O3/c1-11-3-5-14(7-12(11)2)23-10-17(22)20-19-9-13-4-6-16(21)15(18)8-13/h3-9,21H,10H2,1-2H3,(H,20,22)/b19-9+. The molecular weight excluding hydrogens is 407 g/mol. The van der Waals surface area contributed by atoms with Crippen LogP contribution in [-0.4, -0.2) is 23.8 Å². The van der Waals surface area contributed by atoms with E-state index >= 15 is 0 Å². The molecule has 6 heteroatoms. The number of carbonyl (C=O) groups excluding carboxylic acids is 1. The molecular formula is C17H17IN2O3. The maximum Gasteiger partial charge on any atom is 0.277 e. The predicted molar refractivity (Wildman–Crippen MR) is 98.0 cm³/mol. The van der Waals surface area contributed by atoms with Gasteiger partial charge in [0.1, 0.15) is 11.5 Å². The number of rotatable bonds is 5. The Bertz CT molecular complexity index is 745. The number of benzene rings is 2. The first-order valence-corrected chi connectivity index (χ1v) is 8.04. The molecule has 0 unspecified atom stereocenters. The highest BCUT2D eigenvalue weighted by atomic mass is 127. The number of phenols is 1. The van der Waals surface area contributed by atoms with E-state index in [4.69, 9.17) is 4.74 Å². The van der Waals surface area contributed by atoms with Crippen molar-refractivity contribution in [1.29, 1.82) is 0 Å². The zero-order valence-corrected chi connectivity index (χ0v) is 15.0.